The number of nitrogens with one attached hydrogen (secondary N) is 1. The van der Waals surface area contributed by atoms with Gasteiger partial charge in [-0.25, -0.2) is 14.8 Å². The molecule has 0 saturated carbocycles. The number of benzene rings is 2. The van der Waals surface area contributed by atoms with Crippen LogP contribution >= 0.6 is 23.4 Å². The molecule has 190 valence electrons. The van der Waals surface area contributed by atoms with Gasteiger partial charge in [-0.3, -0.25) is 4.79 Å². The van der Waals surface area contributed by atoms with Gasteiger partial charge in [0.15, 0.2) is 16.7 Å². The summed E-state index contributed by atoms with van der Waals surface area (Å²) >= 11 is 6.77. The topological polar surface area (TPSA) is 99.6 Å². The summed E-state index contributed by atoms with van der Waals surface area (Å²) in [5.41, 5.74) is -0.556. The Kier molecular flexibility index (Phi) is 8.64. The Morgan fingerprint density at radius 3 is 2.36 bits per heavy atom. The zero-order valence-electron chi connectivity index (χ0n) is 19.1. The van der Waals surface area contributed by atoms with Crippen molar-refractivity contribution >= 4 is 40.9 Å². The summed E-state index contributed by atoms with van der Waals surface area (Å²) in [6.07, 6.45) is -4.74. The summed E-state index contributed by atoms with van der Waals surface area (Å²) in [6, 6.07) is 9.51. The number of anilines is 1. The van der Waals surface area contributed by atoms with Crippen molar-refractivity contribution in [3.8, 4) is 22.8 Å². The first-order chi connectivity index (χ1) is 17.0. The number of carbonyl (C=O) groups excluding carboxylic acids is 2. The Labute approximate surface area is 213 Å². The van der Waals surface area contributed by atoms with Gasteiger partial charge < -0.3 is 19.5 Å². The third-order valence-electron chi connectivity index (χ3n) is 4.67. The lowest BCUT2D eigenvalue weighted by Gasteiger charge is -2.13. The van der Waals surface area contributed by atoms with E-state index in [-0.39, 0.29) is 32.9 Å². The molecule has 0 spiro atoms. The molecule has 36 heavy (non-hydrogen) atoms. The van der Waals surface area contributed by atoms with Crippen LogP contribution in [0.3, 0.4) is 0 Å². The Morgan fingerprint density at radius 2 is 1.72 bits per heavy atom. The van der Waals surface area contributed by atoms with Gasteiger partial charge in [0.25, 0.3) is 0 Å². The molecule has 0 fully saturated rings. The molecule has 0 aliphatic rings. The Balaban J connectivity index is 1.84. The molecule has 0 saturated heterocycles. The third-order valence-corrected chi connectivity index (χ3v) is 5.85. The van der Waals surface area contributed by atoms with Crippen molar-refractivity contribution in [1.82, 2.24) is 9.97 Å². The molecule has 0 bridgehead atoms. The van der Waals surface area contributed by atoms with Gasteiger partial charge in [-0.15, -0.1) is 0 Å². The van der Waals surface area contributed by atoms with Crippen LogP contribution in [0.2, 0.25) is 5.02 Å². The minimum atomic E-state index is -4.74. The maximum Gasteiger partial charge on any atom is 0.433 e. The van der Waals surface area contributed by atoms with Gasteiger partial charge in [-0.2, -0.15) is 13.2 Å². The van der Waals surface area contributed by atoms with Gasteiger partial charge in [-0.05, 0) is 42.5 Å². The summed E-state index contributed by atoms with van der Waals surface area (Å²) in [5, 5.41) is 2.41. The number of aromatic nitrogens is 2. The summed E-state index contributed by atoms with van der Waals surface area (Å²) in [5.74, 6) is -0.852. The zero-order valence-corrected chi connectivity index (χ0v) is 20.7. The second kappa shape index (κ2) is 11.5. The van der Waals surface area contributed by atoms with Crippen LogP contribution in [0.15, 0.2) is 47.6 Å². The van der Waals surface area contributed by atoms with E-state index in [1.807, 2.05) is 0 Å². The van der Waals surface area contributed by atoms with Crippen LogP contribution in [0.1, 0.15) is 16.1 Å². The van der Waals surface area contributed by atoms with Gasteiger partial charge in [0.1, 0.15) is 5.69 Å². The first kappa shape index (κ1) is 27.1. The average molecular weight is 542 g/mol. The van der Waals surface area contributed by atoms with Crippen LogP contribution in [0.4, 0.5) is 18.9 Å². The lowest BCUT2D eigenvalue weighted by Crippen LogP contribution is -2.16. The van der Waals surface area contributed by atoms with E-state index < -0.39 is 23.7 Å². The minimum Gasteiger partial charge on any atom is -0.493 e. The smallest absolute Gasteiger partial charge is 0.433 e. The van der Waals surface area contributed by atoms with Gasteiger partial charge >= 0.3 is 12.1 Å². The van der Waals surface area contributed by atoms with E-state index >= 15 is 0 Å². The standard InChI is InChI=1S/C23H19ClF3N3O5S/c1-33-17-7-5-12(9-18(17)34-2)15-10-19(23(25,26)27)30-22(29-15)36-11-20(31)28-16-8-13(21(32)35-3)4-6-14(16)24/h4-10H,11H2,1-3H3,(H,28,31). The molecule has 1 N–H and O–H groups in total. The van der Waals surface area contributed by atoms with Crippen LogP contribution in [0.5, 0.6) is 11.5 Å². The number of amides is 1. The number of nitrogens with zero attached hydrogens (tertiary/aromatic N) is 2. The highest BCUT2D eigenvalue weighted by atomic mass is 35.5. The highest BCUT2D eigenvalue weighted by Crippen LogP contribution is 2.35. The van der Waals surface area contributed by atoms with Crippen molar-refractivity contribution in [2.24, 2.45) is 0 Å². The van der Waals surface area contributed by atoms with E-state index in [4.69, 9.17) is 21.1 Å². The fourth-order valence-corrected chi connectivity index (χ4v) is 3.78. The fourth-order valence-electron chi connectivity index (χ4n) is 2.96. The molecule has 3 rings (SSSR count). The highest BCUT2D eigenvalue weighted by Gasteiger charge is 2.34. The number of methoxy groups -OCH3 is 3. The van der Waals surface area contributed by atoms with Gasteiger partial charge in [0.05, 0.1) is 49.0 Å². The number of halogens is 4. The Bertz CT molecular complexity index is 1290. The van der Waals surface area contributed by atoms with Crippen LogP contribution in [0, 0.1) is 0 Å². The zero-order chi connectivity index (χ0) is 26.5. The number of alkyl halides is 3. The second-order valence-electron chi connectivity index (χ2n) is 7.01. The number of rotatable bonds is 8. The molecule has 0 aliphatic carbocycles. The predicted octanol–water partition coefficient (Wildman–Crippen LogP) is 5.35. The lowest BCUT2D eigenvalue weighted by atomic mass is 10.1. The monoisotopic (exact) mass is 541 g/mol. The summed E-state index contributed by atoms with van der Waals surface area (Å²) in [7, 11) is 4.04. The first-order valence-corrected chi connectivity index (χ1v) is 11.4. The van der Waals surface area contributed by atoms with Gasteiger partial charge in [0, 0.05) is 5.56 Å². The molecule has 8 nitrogen and oxygen atoms in total. The SMILES string of the molecule is COC(=O)c1ccc(Cl)c(NC(=O)CSc2nc(-c3ccc(OC)c(OC)c3)cc(C(F)(F)F)n2)c1. The number of hydrogen-bond acceptors (Lipinski definition) is 8. The summed E-state index contributed by atoms with van der Waals surface area (Å²) in [6.45, 7) is 0. The largest absolute Gasteiger partial charge is 0.493 e. The normalized spacial score (nSPS) is 11.1. The molecule has 0 aliphatic heterocycles. The highest BCUT2D eigenvalue weighted by molar-refractivity contribution is 7.99. The molecule has 2 aromatic carbocycles. The van der Waals surface area contributed by atoms with Crippen LogP contribution in [-0.2, 0) is 15.7 Å². The number of ether oxygens (including phenoxy) is 3. The van der Waals surface area contributed by atoms with E-state index in [0.717, 1.165) is 6.07 Å². The fraction of sp³-hybridized carbons (Fsp3) is 0.217. The molecule has 3 aromatic rings. The molecule has 13 heteroatoms. The summed E-state index contributed by atoms with van der Waals surface area (Å²) < 4.78 is 55.5. The van der Waals surface area contributed by atoms with Crippen molar-refractivity contribution in [3.05, 3.63) is 58.7 Å². The van der Waals surface area contributed by atoms with Crippen molar-refractivity contribution in [2.75, 3.05) is 32.4 Å². The minimum absolute atomic E-state index is 0.0185. The molecule has 0 unspecified atom stereocenters. The van der Waals surface area contributed by atoms with Gasteiger partial charge in [-0.1, -0.05) is 23.4 Å². The molecule has 1 aromatic heterocycles. The Morgan fingerprint density at radius 1 is 1.00 bits per heavy atom. The van der Waals surface area contributed by atoms with E-state index in [2.05, 4.69) is 20.0 Å². The Hall–Kier alpha value is -3.51. The van der Waals surface area contributed by atoms with Crippen LogP contribution < -0.4 is 14.8 Å². The van der Waals surface area contributed by atoms with E-state index in [1.54, 1.807) is 0 Å². The molecule has 1 heterocycles. The summed E-state index contributed by atoms with van der Waals surface area (Å²) in [4.78, 5) is 31.9. The van der Waals surface area contributed by atoms with Crippen molar-refractivity contribution in [3.63, 3.8) is 0 Å². The molecular weight excluding hydrogens is 523 g/mol. The first-order valence-electron chi connectivity index (χ1n) is 10.0. The average Bonchev–Trinajstić information content (AvgIpc) is 2.87. The molecule has 0 atom stereocenters. The molecule has 1 amide bonds. The van der Waals surface area contributed by atoms with Gasteiger partial charge in [0.2, 0.25) is 5.91 Å². The number of thioether (sulfide) groups is 1. The van der Waals surface area contributed by atoms with Crippen LogP contribution in [-0.4, -0.2) is 48.9 Å². The number of carbonyl (C=O) groups is 2. The van der Waals surface area contributed by atoms with E-state index in [1.165, 1.54) is 57.7 Å². The van der Waals surface area contributed by atoms with Crippen molar-refractivity contribution < 1.29 is 37.0 Å². The molecule has 0 radical (unpaired) electrons. The van der Waals surface area contributed by atoms with E-state index in [9.17, 15) is 22.8 Å². The van der Waals surface area contributed by atoms with Crippen LogP contribution in [0.25, 0.3) is 11.3 Å². The third kappa shape index (κ3) is 6.58. The second-order valence-corrected chi connectivity index (χ2v) is 8.36. The lowest BCUT2D eigenvalue weighted by molar-refractivity contribution is -0.141. The van der Waals surface area contributed by atoms with E-state index in [0.29, 0.717) is 28.8 Å². The number of esters is 1. The number of hydrogen-bond donors (Lipinski definition) is 1. The van der Waals surface area contributed by atoms with Crippen molar-refractivity contribution in [2.45, 2.75) is 11.3 Å². The maximum atomic E-state index is 13.5. The predicted molar refractivity (Wildman–Crippen MR) is 128 cm³/mol. The van der Waals surface area contributed by atoms with Crippen molar-refractivity contribution in [1.29, 1.82) is 0 Å². The molecular formula is C23H19ClF3N3O5S. The maximum absolute atomic E-state index is 13.5. The quantitative estimate of drug-likeness (QED) is 0.231.